The molecular formula is C25H30N8O. The van der Waals surface area contributed by atoms with Gasteiger partial charge in [-0.1, -0.05) is 13.8 Å². The number of nitrogens with two attached hydrogens (primary N) is 2. The average Bonchev–Trinajstić information content (AvgIpc) is 2.84. The molecule has 0 amide bonds. The molecule has 176 valence electrons. The molecule has 0 atom stereocenters. The van der Waals surface area contributed by atoms with Crippen LogP contribution in [-0.4, -0.2) is 36.9 Å². The van der Waals surface area contributed by atoms with Crippen molar-refractivity contribution in [1.29, 1.82) is 5.41 Å². The number of nitrogens with one attached hydrogen (secondary N) is 3. The minimum Gasteiger partial charge on any atom is -0.487 e. The Balaban J connectivity index is 1.80. The monoisotopic (exact) mass is 458 g/mol. The van der Waals surface area contributed by atoms with E-state index >= 15 is 0 Å². The van der Waals surface area contributed by atoms with Gasteiger partial charge in [0.15, 0.2) is 0 Å². The predicted molar refractivity (Wildman–Crippen MR) is 137 cm³/mol. The van der Waals surface area contributed by atoms with Crippen LogP contribution < -0.4 is 26.8 Å². The van der Waals surface area contributed by atoms with Crippen LogP contribution in [0.3, 0.4) is 0 Å². The Hall–Kier alpha value is -4.40. The van der Waals surface area contributed by atoms with Gasteiger partial charge in [0.05, 0.1) is 17.1 Å². The van der Waals surface area contributed by atoms with E-state index in [2.05, 4.69) is 25.6 Å². The second-order valence-corrected chi connectivity index (χ2v) is 7.84. The van der Waals surface area contributed by atoms with E-state index in [1.165, 1.54) is 6.21 Å². The third-order valence-corrected chi connectivity index (χ3v) is 5.00. The van der Waals surface area contributed by atoms with Crippen LogP contribution in [0.1, 0.15) is 13.8 Å². The number of ether oxygens (including phenoxy) is 1. The lowest BCUT2D eigenvalue weighted by molar-refractivity contribution is 0.349. The maximum absolute atomic E-state index is 7.53. The summed E-state index contributed by atoms with van der Waals surface area (Å²) in [5, 5.41) is 14.1. The van der Waals surface area contributed by atoms with Crippen molar-refractivity contribution in [2.24, 2.45) is 27.4 Å². The molecule has 2 aliphatic heterocycles. The van der Waals surface area contributed by atoms with Gasteiger partial charge in [0.1, 0.15) is 24.0 Å². The molecule has 0 saturated heterocycles. The summed E-state index contributed by atoms with van der Waals surface area (Å²) in [6.45, 7) is 4.20. The summed E-state index contributed by atoms with van der Waals surface area (Å²) >= 11 is 0. The summed E-state index contributed by atoms with van der Waals surface area (Å²) in [6.07, 6.45) is 15.6. The highest BCUT2D eigenvalue weighted by atomic mass is 16.5. The van der Waals surface area contributed by atoms with E-state index in [1.807, 2.05) is 38.3 Å². The summed E-state index contributed by atoms with van der Waals surface area (Å²) < 4.78 is 5.77. The van der Waals surface area contributed by atoms with Crippen molar-refractivity contribution >= 4 is 18.3 Å². The molecule has 0 saturated carbocycles. The molecule has 9 nitrogen and oxygen atoms in total. The van der Waals surface area contributed by atoms with Crippen molar-refractivity contribution in [2.75, 3.05) is 13.7 Å². The van der Waals surface area contributed by atoms with Gasteiger partial charge in [-0.3, -0.25) is 9.98 Å². The van der Waals surface area contributed by atoms with E-state index < -0.39 is 0 Å². The van der Waals surface area contributed by atoms with Crippen LogP contribution in [-0.2, 0) is 0 Å². The van der Waals surface area contributed by atoms with Crippen molar-refractivity contribution in [1.82, 2.24) is 15.6 Å². The third kappa shape index (κ3) is 6.32. The van der Waals surface area contributed by atoms with Crippen molar-refractivity contribution in [2.45, 2.75) is 13.8 Å². The maximum Gasteiger partial charge on any atom is 0.132 e. The lowest BCUT2D eigenvalue weighted by Crippen LogP contribution is -2.27. The van der Waals surface area contributed by atoms with Gasteiger partial charge in [-0.15, -0.1) is 0 Å². The molecule has 3 rings (SSSR count). The highest BCUT2D eigenvalue weighted by Crippen LogP contribution is 2.24. The first-order valence-corrected chi connectivity index (χ1v) is 10.8. The van der Waals surface area contributed by atoms with Crippen molar-refractivity contribution in [3.63, 3.8) is 0 Å². The zero-order valence-electron chi connectivity index (χ0n) is 19.5. The number of pyridine rings is 1. The number of rotatable bonds is 9. The zero-order chi connectivity index (χ0) is 24.5. The quantitative estimate of drug-likeness (QED) is 0.284. The first-order valence-electron chi connectivity index (χ1n) is 10.8. The van der Waals surface area contributed by atoms with E-state index in [0.717, 1.165) is 28.1 Å². The topological polar surface area (TPSA) is 147 Å². The maximum atomic E-state index is 7.53. The molecule has 0 spiro atoms. The van der Waals surface area contributed by atoms with Crippen LogP contribution in [0.4, 0.5) is 0 Å². The number of allylic oxidation sites excluding steroid dienone is 6. The number of amidine groups is 1. The lowest BCUT2D eigenvalue weighted by atomic mass is 10.0. The molecule has 7 N–H and O–H groups in total. The van der Waals surface area contributed by atoms with Crippen molar-refractivity contribution < 1.29 is 4.74 Å². The van der Waals surface area contributed by atoms with Crippen LogP contribution in [0.15, 0.2) is 105 Å². The molecule has 0 bridgehead atoms. The van der Waals surface area contributed by atoms with Crippen LogP contribution in [0.25, 0.3) is 0 Å². The highest BCUT2D eigenvalue weighted by molar-refractivity contribution is 5.97. The molecule has 0 unspecified atom stereocenters. The fourth-order valence-electron chi connectivity index (χ4n) is 3.17. The Morgan fingerprint density at radius 3 is 2.65 bits per heavy atom. The van der Waals surface area contributed by atoms with Gasteiger partial charge in [0.2, 0.25) is 0 Å². The minimum absolute atomic E-state index is 0.183. The van der Waals surface area contributed by atoms with E-state index in [0.29, 0.717) is 23.1 Å². The molecule has 34 heavy (non-hydrogen) atoms. The third-order valence-electron chi connectivity index (χ3n) is 5.00. The summed E-state index contributed by atoms with van der Waals surface area (Å²) in [4.78, 5) is 12.6. The number of aliphatic imine (C=N–C) groups is 2. The van der Waals surface area contributed by atoms with E-state index in [4.69, 9.17) is 21.6 Å². The number of aromatic nitrogens is 1. The first kappa shape index (κ1) is 24.2. The van der Waals surface area contributed by atoms with Crippen LogP contribution in [0, 0.1) is 11.3 Å². The van der Waals surface area contributed by atoms with Gasteiger partial charge in [-0.25, -0.2) is 4.99 Å². The molecule has 0 radical (unpaired) electrons. The number of dihydropyridines is 2. The fourth-order valence-corrected chi connectivity index (χ4v) is 3.17. The molecule has 1 aromatic rings. The number of nitrogens with zero attached hydrogens (tertiary/aromatic N) is 3. The molecule has 3 heterocycles. The van der Waals surface area contributed by atoms with Gasteiger partial charge < -0.3 is 32.2 Å². The Labute approximate surface area is 199 Å². The van der Waals surface area contributed by atoms with Crippen LogP contribution >= 0.6 is 0 Å². The molecule has 0 aliphatic carbocycles. The van der Waals surface area contributed by atoms with Gasteiger partial charge in [-0.05, 0) is 47.9 Å². The fraction of sp³-hybridized carbons (Fsp3) is 0.200. The zero-order valence-corrected chi connectivity index (χ0v) is 19.5. The van der Waals surface area contributed by atoms with Gasteiger partial charge >= 0.3 is 0 Å². The normalized spacial score (nSPS) is 16.9. The molecule has 1 aromatic heterocycles. The van der Waals surface area contributed by atoms with Gasteiger partial charge in [-0.2, -0.15) is 0 Å². The van der Waals surface area contributed by atoms with Gasteiger partial charge in [0, 0.05) is 49.2 Å². The van der Waals surface area contributed by atoms with Gasteiger partial charge in [0.25, 0.3) is 0 Å². The largest absolute Gasteiger partial charge is 0.487 e. The van der Waals surface area contributed by atoms with E-state index in [9.17, 15) is 0 Å². The number of hydrogen-bond donors (Lipinski definition) is 5. The first-order chi connectivity index (χ1) is 16.4. The summed E-state index contributed by atoms with van der Waals surface area (Å²) in [5.41, 5.74) is 17.1. The highest BCUT2D eigenvalue weighted by Gasteiger charge is 2.18. The second kappa shape index (κ2) is 11.5. The SMILES string of the molecule is CN=CC(C1=CNC2=CC=C(N=C(N)C=C(C=N)C(C)C)NC2=C1)=C(N)COc1ccncc1. The molecule has 9 heteroatoms. The average molecular weight is 459 g/mol. The minimum atomic E-state index is 0.183. The standard InChI is InChI=1S/C25H30N8O/c1-16(2)17(12-26)11-24(28)33-25-5-4-22-23(32-25)10-18(13-31-22)20(14-29-3)21(27)15-34-19-6-8-30-9-7-19/h4-14,16,26,31-32H,15,27H2,1-3H3,(H2,28,33). The number of fused-ring (bicyclic) bond motifs is 1. The molecule has 0 fully saturated rings. The molecule has 2 aliphatic rings. The summed E-state index contributed by atoms with van der Waals surface area (Å²) in [5.74, 6) is 1.77. The van der Waals surface area contributed by atoms with E-state index in [1.54, 1.807) is 43.9 Å². The second-order valence-electron chi connectivity index (χ2n) is 7.84. The molecular weight excluding hydrogens is 428 g/mol. The van der Waals surface area contributed by atoms with Crippen LogP contribution in [0.2, 0.25) is 0 Å². The van der Waals surface area contributed by atoms with Crippen molar-refractivity contribution in [3.05, 3.63) is 94.7 Å². The summed E-state index contributed by atoms with van der Waals surface area (Å²) in [7, 11) is 1.69. The summed E-state index contributed by atoms with van der Waals surface area (Å²) in [6, 6.07) is 3.55. The Morgan fingerprint density at radius 2 is 1.97 bits per heavy atom. The Bertz CT molecular complexity index is 1160. The molecule has 0 aromatic carbocycles. The van der Waals surface area contributed by atoms with Crippen LogP contribution in [0.5, 0.6) is 5.75 Å². The Morgan fingerprint density at radius 1 is 1.21 bits per heavy atom. The predicted octanol–water partition coefficient (Wildman–Crippen LogP) is 2.66. The van der Waals surface area contributed by atoms with Crippen molar-refractivity contribution in [3.8, 4) is 5.75 Å². The smallest absolute Gasteiger partial charge is 0.132 e. The Kier molecular flexibility index (Phi) is 8.17. The lowest BCUT2D eigenvalue weighted by Gasteiger charge is -2.24. The number of hydrogen-bond acceptors (Lipinski definition) is 8. The van der Waals surface area contributed by atoms with E-state index in [-0.39, 0.29) is 12.5 Å².